The number of rotatable bonds is 5. The lowest BCUT2D eigenvalue weighted by atomic mass is 10.4. The molecule has 102 valence electrons. The lowest BCUT2D eigenvalue weighted by Crippen LogP contribution is -2.13. The Morgan fingerprint density at radius 1 is 1.37 bits per heavy atom. The maximum absolute atomic E-state index is 12.1. The number of sulfonamides is 1. The van der Waals surface area contributed by atoms with Crippen molar-refractivity contribution >= 4 is 44.4 Å². The van der Waals surface area contributed by atoms with E-state index in [-0.39, 0.29) is 14.8 Å². The largest absolute Gasteiger partial charge is 0.477 e. The van der Waals surface area contributed by atoms with Gasteiger partial charge in [-0.2, -0.15) is 0 Å². The number of aromatic carboxylic acids is 1. The van der Waals surface area contributed by atoms with E-state index in [1.165, 1.54) is 28.8 Å². The minimum absolute atomic E-state index is 0.0177. The fourth-order valence-electron chi connectivity index (χ4n) is 1.44. The van der Waals surface area contributed by atoms with Crippen molar-refractivity contribution in [3.63, 3.8) is 0 Å². The van der Waals surface area contributed by atoms with Crippen LogP contribution in [-0.4, -0.2) is 19.5 Å². The normalized spacial score (nSPS) is 11.4. The van der Waals surface area contributed by atoms with Crippen LogP contribution in [0.2, 0.25) is 0 Å². The molecule has 0 radical (unpaired) electrons. The van der Waals surface area contributed by atoms with Crippen LogP contribution < -0.4 is 4.72 Å². The smallest absolute Gasteiger partial charge is 0.348 e. The van der Waals surface area contributed by atoms with Crippen LogP contribution in [0.15, 0.2) is 27.8 Å². The summed E-state index contributed by atoms with van der Waals surface area (Å²) < 4.78 is 26.7. The highest BCUT2D eigenvalue weighted by Crippen LogP contribution is 2.28. The summed E-state index contributed by atoms with van der Waals surface area (Å²) in [7, 11) is -3.72. The topological polar surface area (TPSA) is 83.5 Å². The van der Waals surface area contributed by atoms with Gasteiger partial charge in [0, 0.05) is 4.88 Å². The summed E-state index contributed by atoms with van der Waals surface area (Å²) >= 11 is 2.16. The van der Waals surface area contributed by atoms with Crippen molar-refractivity contribution in [2.45, 2.75) is 17.6 Å². The van der Waals surface area contributed by atoms with Crippen LogP contribution >= 0.6 is 22.7 Å². The van der Waals surface area contributed by atoms with E-state index in [2.05, 4.69) is 4.72 Å². The molecule has 0 unspecified atom stereocenters. The summed E-state index contributed by atoms with van der Waals surface area (Å²) in [5, 5.41) is 10.5. The molecule has 0 aromatic carbocycles. The van der Waals surface area contributed by atoms with Gasteiger partial charge in [-0.25, -0.2) is 13.2 Å². The van der Waals surface area contributed by atoms with E-state index in [1.807, 2.05) is 6.92 Å². The molecule has 2 rings (SSSR count). The van der Waals surface area contributed by atoms with Gasteiger partial charge in [0.15, 0.2) is 0 Å². The Bertz CT molecular complexity index is 699. The summed E-state index contributed by atoms with van der Waals surface area (Å²) in [6.07, 6.45) is 0.763. The molecule has 2 aromatic rings. The second-order valence-electron chi connectivity index (χ2n) is 3.65. The van der Waals surface area contributed by atoms with Gasteiger partial charge in [0.2, 0.25) is 0 Å². The number of carboxylic acids is 1. The van der Waals surface area contributed by atoms with E-state index >= 15 is 0 Å². The van der Waals surface area contributed by atoms with Gasteiger partial charge >= 0.3 is 5.97 Å². The molecule has 0 amide bonds. The summed E-state index contributed by atoms with van der Waals surface area (Å²) in [5.74, 6) is -1.15. The molecule has 0 aliphatic rings. The van der Waals surface area contributed by atoms with E-state index < -0.39 is 16.0 Å². The molecule has 2 heterocycles. The van der Waals surface area contributed by atoms with Crippen molar-refractivity contribution in [3.05, 3.63) is 33.3 Å². The first-order chi connectivity index (χ1) is 8.94. The van der Waals surface area contributed by atoms with Crippen molar-refractivity contribution in [1.29, 1.82) is 0 Å². The maximum Gasteiger partial charge on any atom is 0.348 e. The Balaban J connectivity index is 2.31. The highest BCUT2D eigenvalue weighted by Gasteiger charge is 2.20. The van der Waals surface area contributed by atoms with Crippen LogP contribution in [-0.2, 0) is 16.4 Å². The van der Waals surface area contributed by atoms with Crippen LogP contribution in [0.25, 0.3) is 0 Å². The highest BCUT2D eigenvalue weighted by atomic mass is 32.2. The molecule has 8 heteroatoms. The first kappa shape index (κ1) is 14.0. The lowest BCUT2D eigenvalue weighted by molar-refractivity contribution is 0.0703. The predicted octanol–water partition coefficient (Wildman–Crippen LogP) is 2.87. The molecule has 0 aliphatic carbocycles. The summed E-state index contributed by atoms with van der Waals surface area (Å²) in [6.45, 7) is 1.94. The molecular formula is C11H11NO4S3. The molecular weight excluding hydrogens is 306 g/mol. The van der Waals surface area contributed by atoms with Crippen LogP contribution in [0.4, 0.5) is 5.69 Å². The minimum atomic E-state index is -3.72. The van der Waals surface area contributed by atoms with Gasteiger partial charge in [0.1, 0.15) is 9.09 Å². The predicted molar refractivity (Wildman–Crippen MR) is 75.8 cm³/mol. The van der Waals surface area contributed by atoms with Crippen molar-refractivity contribution in [1.82, 2.24) is 0 Å². The van der Waals surface area contributed by atoms with Crippen LogP contribution in [0.3, 0.4) is 0 Å². The number of hydrogen-bond acceptors (Lipinski definition) is 5. The Hall–Kier alpha value is -1.38. The quantitative estimate of drug-likeness (QED) is 0.888. The fourth-order valence-corrected chi connectivity index (χ4v) is 4.56. The zero-order chi connectivity index (χ0) is 14.0. The standard InChI is InChI=1S/C11H11NO4S3/c1-2-7-3-4-9(18-7)19(15,16)12-8-5-6-17-10(8)11(13)14/h3-6,12H,2H2,1H3,(H,13,14). The first-order valence-corrected chi connectivity index (χ1v) is 8.54. The third-order valence-corrected chi connectivity index (χ3v) is 6.34. The lowest BCUT2D eigenvalue weighted by Gasteiger charge is -2.05. The van der Waals surface area contributed by atoms with Crippen molar-refractivity contribution in [3.8, 4) is 0 Å². The first-order valence-electron chi connectivity index (χ1n) is 5.36. The van der Waals surface area contributed by atoms with E-state index in [4.69, 9.17) is 5.11 Å². The molecule has 2 N–H and O–H groups in total. The monoisotopic (exact) mass is 317 g/mol. The third-order valence-electron chi connectivity index (χ3n) is 2.35. The number of aryl methyl sites for hydroxylation is 1. The second kappa shape index (κ2) is 5.32. The Labute approximate surface area is 118 Å². The van der Waals surface area contributed by atoms with Gasteiger partial charge in [0.25, 0.3) is 10.0 Å². The van der Waals surface area contributed by atoms with Crippen LogP contribution in [0.1, 0.15) is 21.5 Å². The molecule has 0 bridgehead atoms. The molecule has 0 fully saturated rings. The zero-order valence-electron chi connectivity index (χ0n) is 9.91. The average molecular weight is 317 g/mol. The minimum Gasteiger partial charge on any atom is -0.477 e. The number of thiophene rings is 2. The number of anilines is 1. The van der Waals surface area contributed by atoms with Gasteiger partial charge in [-0.1, -0.05) is 6.92 Å². The van der Waals surface area contributed by atoms with Gasteiger partial charge < -0.3 is 5.11 Å². The number of carboxylic acid groups (broad SMARTS) is 1. The molecule has 0 saturated carbocycles. The SMILES string of the molecule is CCc1ccc(S(=O)(=O)Nc2ccsc2C(=O)O)s1. The van der Waals surface area contributed by atoms with Gasteiger partial charge in [-0.3, -0.25) is 4.72 Å². The van der Waals surface area contributed by atoms with E-state index in [0.717, 1.165) is 22.6 Å². The van der Waals surface area contributed by atoms with E-state index in [9.17, 15) is 13.2 Å². The van der Waals surface area contributed by atoms with Crippen LogP contribution in [0.5, 0.6) is 0 Å². The summed E-state index contributed by atoms with van der Waals surface area (Å²) in [6, 6.07) is 4.73. The van der Waals surface area contributed by atoms with Gasteiger partial charge in [-0.05, 0) is 30.0 Å². The summed E-state index contributed by atoms with van der Waals surface area (Å²) in [4.78, 5) is 11.9. The number of nitrogens with one attached hydrogen (secondary N) is 1. The van der Waals surface area contributed by atoms with Gasteiger partial charge in [-0.15, -0.1) is 22.7 Å². The number of hydrogen-bond donors (Lipinski definition) is 2. The molecule has 5 nitrogen and oxygen atoms in total. The Kier molecular flexibility index (Phi) is 3.93. The molecule has 0 saturated heterocycles. The van der Waals surface area contributed by atoms with Gasteiger partial charge in [0.05, 0.1) is 5.69 Å². The molecule has 2 aromatic heterocycles. The molecule has 0 spiro atoms. The van der Waals surface area contributed by atoms with Crippen LogP contribution in [0, 0.1) is 0 Å². The second-order valence-corrected chi connectivity index (χ2v) is 7.64. The van der Waals surface area contributed by atoms with E-state index in [1.54, 1.807) is 6.07 Å². The highest BCUT2D eigenvalue weighted by molar-refractivity contribution is 7.94. The van der Waals surface area contributed by atoms with Crippen molar-refractivity contribution in [2.24, 2.45) is 0 Å². The Morgan fingerprint density at radius 3 is 2.68 bits per heavy atom. The van der Waals surface area contributed by atoms with Crippen molar-refractivity contribution < 1.29 is 18.3 Å². The fraction of sp³-hybridized carbons (Fsp3) is 0.182. The Morgan fingerprint density at radius 2 is 2.11 bits per heavy atom. The average Bonchev–Trinajstić information content (AvgIpc) is 2.95. The van der Waals surface area contributed by atoms with Crippen molar-refractivity contribution in [2.75, 3.05) is 4.72 Å². The molecule has 19 heavy (non-hydrogen) atoms. The molecule has 0 atom stereocenters. The maximum atomic E-state index is 12.1. The zero-order valence-corrected chi connectivity index (χ0v) is 12.4. The van der Waals surface area contributed by atoms with E-state index in [0.29, 0.717) is 0 Å². The molecule has 0 aliphatic heterocycles. The summed E-state index contributed by atoms with van der Waals surface area (Å²) in [5.41, 5.74) is 0.101. The third kappa shape index (κ3) is 2.96. The number of carbonyl (C=O) groups is 1.